The molecule has 8 nitrogen and oxygen atoms in total. The molecule has 0 bridgehead atoms. The Kier molecular flexibility index (Phi) is 5.44. The number of nitrogen functional groups attached to an aromatic ring is 1. The molecule has 18 heavy (non-hydrogen) atoms. The summed E-state index contributed by atoms with van der Waals surface area (Å²) in [5.74, 6) is 5.46. The van der Waals surface area contributed by atoms with Crippen LogP contribution in [0.1, 0.15) is 0 Å². The molecule has 0 spiro atoms. The van der Waals surface area contributed by atoms with Gasteiger partial charge in [-0.3, -0.25) is 0 Å². The number of nitrogens with two attached hydrogens (primary N) is 1. The van der Waals surface area contributed by atoms with E-state index >= 15 is 0 Å². The third-order valence-corrected chi connectivity index (χ3v) is 4.10. The van der Waals surface area contributed by atoms with Gasteiger partial charge in [0.25, 0.3) is 0 Å². The number of anilines is 1. The lowest BCUT2D eigenvalue weighted by Crippen LogP contribution is -2.35. The molecule has 0 saturated heterocycles. The van der Waals surface area contributed by atoms with Gasteiger partial charge in [-0.25, -0.2) is 19.2 Å². The summed E-state index contributed by atoms with van der Waals surface area (Å²) in [5.41, 5.74) is 2.29. The minimum atomic E-state index is -3.77. The van der Waals surface area contributed by atoms with E-state index in [9.17, 15) is 8.42 Å². The normalized spacial score (nSPS) is 11.8. The van der Waals surface area contributed by atoms with Crippen LogP contribution in [0.4, 0.5) is 5.82 Å². The average Bonchev–Trinajstić information content (AvgIpc) is 2.38. The summed E-state index contributed by atoms with van der Waals surface area (Å²) in [6.07, 6.45) is 1.16. The second kappa shape index (κ2) is 6.61. The number of hydrazine groups is 1. The first-order chi connectivity index (χ1) is 8.56. The zero-order valence-electron chi connectivity index (χ0n) is 9.65. The van der Waals surface area contributed by atoms with Crippen LogP contribution in [0.5, 0.6) is 0 Å². The van der Waals surface area contributed by atoms with Crippen LogP contribution < -0.4 is 11.3 Å². The first kappa shape index (κ1) is 14.8. The molecule has 0 radical (unpaired) electrons. The van der Waals surface area contributed by atoms with Gasteiger partial charge in [0.2, 0.25) is 10.0 Å². The van der Waals surface area contributed by atoms with E-state index in [1.807, 2.05) is 0 Å². The van der Waals surface area contributed by atoms with Gasteiger partial charge < -0.3 is 15.6 Å². The second-order valence-corrected chi connectivity index (χ2v) is 5.31. The van der Waals surface area contributed by atoms with Gasteiger partial charge in [-0.2, -0.15) is 4.31 Å². The number of nitrogens with zero attached hydrogens (tertiary/aromatic N) is 2. The zero-order valence-corrected chi connectivity index (χ0v) is 10.5. The molecule has 5 N–H and O–H groups in total. The van der Waals surface area contributed by atoms with E-state index < -0.39 is 10.0 Å². The number of aliphatic hydroxyl groups excluding tert-OH is 2. The molecular weight excluding hydrogens is 260 g/mol. The number of sulfonamides is 1. The maximum Gasteiger partial charge on any atom is 0.244 e. The van der Waals surface area contributed by atoms with Crippen molar-refractivity contribution in [2.24, 2.45) is 5.84 Å². The molecule has 102 valence electrons. The number of aliphatic hydroxyl groups is 2. The van der Waals surface area contributed by atoms with Crippen molar-refractivity contribution in [3.63, 3.8) is 0 Å². The summed E-state index contributed by atoms with van der Waals surface area (Å²) < 4.78 is 25.2. The quantitative estimate of drug-likeness (QED) is 0.346. The fourth-order valence-electron chi connectivity index (χ4n) is 1.34. The minimum absolute atomic E-state index is 0.0246. The molecule has 1 rings (SSSR count). The molecule has 0 fully saturated rings. The highest BCUT2D eigenvalue weighted by Gasteiger charge is 2.23. The zero-order chi connectivity index (χ0) is 13.6. The van der Waals surface area contributed by atoms with Gasteiger partial charge in [-0.05, 0) is 12.1 Å². The Morgan fingerprint density at radius 1 is 1.28 bits per heavy atom. The SMILES string of the molecule is NNc1ccc(S(=O)(=O)N(CCO)CCO)cn1. The van der Waals surface area contributed by atoms with Crippen LogP contribution >= 0.6 is 0 Å². The van der Waals surface area contributed by atoms with E-state index in [0.29, 0.717) is 5.82 Å². The van der Waals surface area contributed by atoms with Crippen molar-refractivity contribution in [1.82, 2.24) is 9.29 Å². The first-order valence-corrected chi connectivity index (χ1v) is 6.64. The summed E-state index contributed by atoms with van der Waals surface area (Å²) in [5, 5.41) is 17.7. The van der Waals surface area contributed by atoms with Gasteiger partial charge >= 0.3 is 0 Å². The standard InChI is InChI=1S/C9H16N4O4S/c10-12-9-2-1-8(7-11-9)18(16,17)13(3-5-14)4-6-15/h1-2,7,14-15H,3-6,10H2,(H,11,12). The average molecular weight is 276 g/mol. The summed E-state index contributed by atoms with van der Waals surface area (Å²) in [6.45, 7) is -0.816. The van der Waals surface area contributed by atoms with Crippen LogP contribution in [-0.2, 0) is 10.0 Å². The smallest absolute Gasteiger partial charge is 0.244 e. The van der Waals surface area contributed by atoms with Crippen molar-refractivity contribution < 1.29 is 18.6 Å². The third-order valence-electron chi connectivity index (χ3n) is 2.22. The van der Waals surface area contributed by atoms with Crippen molar-refractivity contribution in [3.8, 4) is 0 Å². The van der Waals surface area contributed by atoms with Crippen LogP contribution in [0.2, 0.25) is 0 Å². The summed E-state index contributed by atoms with van der Waals surface area (Å²) >= 11 is 0. The van der Waals surface area contributed by atoms with Gasteiger partial charge in [-0.1, -0.05) is 0 Å². The van der Waals surface area contributed by atoms with Crippen molar-refractivity contribution in [3.05, 3.63) is 18.3 Å². The highest BCUT2D eigenvalue weighted by Crippen LogP contribution is 2.15. The predicted molar refractivity (Wildman–Crippen MR) is 65.0 cm³/mol. The Bertz CT molecular complexity index is 456. The summed E-state index contributed by atoms with van der Waals surface area (Å²) in [4.78, 5) is 3.77. The van der Waals surface area contributed by atoms with Crippen LogP contribution in [0.3, 0.4) is 0 Å². The monoisotopic (exact) mass is 276 g/mol. The molecular formula is C9H16N4O4S. The van der Waals surface area contributed by atoms with Crippen LogP contribution in [0.15, 0.2) is 23.2 Å². The minimum Gasteiger partial charge on any atom is -0.395 e. The lowest BCUT2D eigenvalue weighted by molar-refractivity contribution is 0.217. The molecule has 0 aromatic carbocycles. The van der Waals surface area contributed by atoms with Gasteiger partial charge in [0.05, 0.1) is 13.2 Å². The Morgan fingerprint density at radius 2 is 1.89 bits per heavy atom. The molecule has 1 aromatic heterocycles. The fourth-order valence-corrected chi connectivity index (χ4v) is 2.71. The lowest BCUT2D eigenvalue weighted by atomic mass is 10.5. The van der Waals surface area contributed by atoms with Crippen LogP contribution in [-0.4, -0.2) is 54.2 Å². The third kappa shape index (κ3) is 3.37. The van der Waals surface area contributed by atoms with E-state index in [0.717, 1.165) is 10.5 Å². The Morgan fingerprint density at radius 3 is 2.28 bits per heavy atom. The highest BCUT2D eigenvalue weighted by atomic mass is 32.2. The highest BCUT2D eigenvalue weighted by molar-refractivity contribution is 7.89. The summed E-state index contributed by atoms with van der Waals surface area (Å²) in [6, 6.07) is 2.77. The summed E-state index contributed by atoms with van der Waals surface area (Å²) in [7, 11) is -3.77. The molecule has 0 aliphatic carbocycles. The predicted octanol–water partition coefficient (Wildman–Crippen LogP) is -1.66. The molecule has 0 atom stereocenters. The molecule has 9 heteroatoms. The Labute approximate surface area is 105 Å². The molecule has 0 unspecified atom stereocenters. The molecule has 0 amide bonds. The molecule has 0 aliphatic rings. The van der Waals surface area contributed by atoms with E-state index in [1.54, 1.807) is 0 Å². The lowest BCUT2D eigenvalue weighted by Gasteiger charge is -2.20. The largest absolute Gasteiger partial charge is 0.395 e. The van der Waals surface area contributed by atoms with Crippen molar-refractivity contribution >= 4 is 15.8 Å². The molecule has 1 heterocycles. The molecule has 0 aliphatic heterocycles. The maximum absolute atomic E-state index is 12.1. The van der Waals surface area contributed by atoms with Crippen molar-refractivity contribution in [1.29, 1.82) is 0 Å². The van der Waals surface area contributed by atoms with Gasteiger partial charge in [0.1, 0.15) is 10.7 Å². The molecule has 0 saturated carbocycles. The number of nitrogens with one attached hydrogen (secondary N) is 1. The van der Waals surface area contributed by atoms with Crippen LogP contribution in [0, 0.1) is 0 Å². The number of hydrogen-bond donors (Lipinski definition) is 4. The Balaban J connectivity index is 3.01. The van der Waals surface area contributed by atoms with Gasteiger partial charge in [0, 0.05) is 19.3 Å². The van der Waals surface area contributed by atoms with E-state index in [2.05, 4.69) is 10.4 Å². The number of hydrogen-bond acceptors (Lipinski definition) is 7. The van der Waals surface area contributed by atoms with Gasteiger partial charge in [-0.15, -0.1) is 0 Å². The van der Waals surface area contributed by atoms with Crippen molar-refractivity contribution in [2.45, 2.75) is 4.90 Å². The van der Waals surface area contributed by atoms with E-state index in [-0.39, 0.29) is 31.2 Å². The number of aromatic nitrogens is 1. The Hall–Kier alpha value is -1.26. The van der Waals surface area contributed by atoms with Crippen molar-refractivity contribution in [2.75, 3.05) is 31.7 Å². The number of pyridine rings is 1. The maximum atomic E-state index is 12.1. The number of rotatable bonds is 7. The van der Waals surface area contributed by atoms with Crippen LogP contribution in [0.25, 0.3) is 0 Å². The first-order valence-electron chi connectivity index (χ1n) is 5.20. The van der Waals surface area contributed by atoms with Gasteiger partial charge in [0.15, 0.2) is 0 Å². The molecule has 1 aromatic rings. The van der Waals surface area contributed by atoms with E-state index in [1.165, 1.54) is 12.1 Å². The van der Waals surface area contributed by atoms with E-state index in [4.69, 9.17) is 16.1 Å². The fraction of sp³-hybridized carbons (Fsp3) is 0.444. The topological polar surface area (TPSA) is 129 Å². The second-order valence-electron chi connectivity index (χ2n) is 3.37.